The molecule has 2 N–H and O–H groups in total. The van der Waals surface area contributed by atoms with Crippen molar-refractivity contribution >= 4 is 10.9 Å². The number of hydrogen-bond donors (Lipinski definition) is 1. The van der Waals surface area contributed by atoms with E-state index in [2.05, 4.69) is 0 Å². The van der Waals surface area contributed by atoms with Crippen LogP contribution >= 0.6 is 0 Å². The molecule has 2 aromatic rings. The van der Waals surface area contributed by atoms with Crippen molar-refractivity contribution in [1.82, 2.24) is 9.13 Å². The highest BCUT2D eigenvalue weighted by molar-refractivity contribution is 5.77. The number of nitrogens with two attached hydrogens (primary N) is 1. The van der Waals surface area contributed by atoms with Gasteiger partial charge < -0.3 is 5.73 Å². The molecule has 0 fully saturated rings. The van der Waals surface area contributed by atoms with Crippen molar-refractivity contribution in [2.75, 3.05) is 6.54 Å². The molecule has 1 aromatic heterocycles. The zero-order chi connectivity index (χ0) is 11.7. The van der Waals surface area contributed by atoms with E-state index in [1.807, 2.05) is 0 Å². The van der Waals surface area contributed by atoms with Crippen molar-refractivity contribution < 1.29 is 0 Å². The van der Waals surface area contributed by atoms with E-state index in [1.165, 1.54) is 9.13 Å². The number of fused-ring (bicyclic) bond motifs is 1. The Bertz CT molecular complexity index is 640. The van der Waals surface area contributed by atoms with Gasteiger partial charge in [-0.05, 0) is 12.1 Å². The van der Waals surface area contributed by atoms with Gasteiger partial charge in [0.2, 0.25) is 0 Å². The zero-order valence-electron chi connectivity index (χ0n) is 9.01. The first kappa shape index (κ1) is 10.6. The highest BCUT2D eigenvalue weighted by atomic mass is 16.2. The Morgan fingerprint density at radius 3 is 2.62 bits per heavy atom. The first-order valence-corrected chi connectivity index (χ1v) is 5.05. The Labute approximate surface area is 91.7 Å². The summed E-state index contributed by atoms with van der Waals surface area (Å²) in [4.78, 5) is 23.8. The van der Waals surface area contributed by atoms with Crippen LogP contribution < -0.4 is 17.0 Å². The molecule has 5 heteroatoms. The van der Waals surface area contributed by atoms with Gasteiger partial charge >= 0.3 is 5.69 Å². The normalized spacial score (nSPS) is 10.9. The van der Waals surface area contributed by atoms with E-state index in [0.717, 1.165) is 0 Å². The summed E-state index contributed by atoms with van der Waals surface area (Å²) in [6.07, 6.45) is 0. The second-order valence-corrected chi connectivity index (χ2v) is 3.60. The van der Waals surface area contributed by atoms with Crippen LogP contribution in [0.5, 0.6) is 0 Å². The van der Waals surface area contributed by atoms with Crippen molar-refractivity contribution in [3.05, 3.63) is 45.1 Å². The first-order valence-electron chi connectivity index (χ1n) is 5.05. The van der Waals surface area contributed by atoms with E-state index in [9.17, 15) is 9.59 Å². The van der Waals surface area contributed by atoms with Crippen LogP contribution in [0.1, 0.15) is 0 Å². The van der Waals surface area contributed by atoms with Crippen LogP contribution in [0.25, 0.3) is 10.9 Å². The molecule has 0 saturated heterocycles. The van der Waals surface area contributed by atoms with Crippen molar-refractivity contribution in [3.8, 4) is 0 Å². The van der Waals surface area contributed by atoms with E-state index in [4.69, 9.17) is 5.73 Å². The third kappa shape index (κ3) is 1.45. The minimum atomic E-state index is -0.325. The van der Waals surface area contributed by atoms with E-state index in [-0.39, 0.29) is 24.3 Å². The Kier molecular flexibility index (Phi) is 2.62. The number of aryl methyl sites for hydroxylation is 1. The Balaban J connectivity index is 2.95. The Morgan fingerprint density at radius 1 is 1.25 bits per heavy atom. The second kappa shape index (κ2) is 3.94. The summed E-state index contributed by atoms with van der Waals surface area (Å²) >= 11 is 0. The fraction of sp³-hybridized carbons (Fsp3) is 0.273. The van der Waals surface area contributed by atoms with E-state index < -0.39 is 0 Å². The van der Waals surface area contributed by atoms with Gasteiger partial charge in [0.25, 0.3) is 5.56 Å². The Morgan fingerprint density at radius 2 is 1.94 bits per heavy atom. The molecular weight excluding hydrogens is 206 g/mol. The second-order valence-electron chi connectivity index (χ2n) is 3.60. The van der Waals surface area contributed by atoms with Crippen LogP contribution in [0.4, 0.5) is 0 Å². The molecule has 1 heterocycles. The molecule has 0 aliphatic rings. The third-order valence-electron chi connectivity index (χ3n) is 2.61. The largest absolute Gasteiger partial charge is 0.331 e. The lowest BCUT2D eigenvalue weighted by Crippen LogP contribution is -2.40. The number of para-hydroxylation sites is 1. The van der Waals surface area contributed by atoms with Crippen molar-refractivity contribution in [3.63, 3.8) is 0 Å². The van der Waals surface area contributed by atoms with Gasteiger partial charge in [0, 0.05) is 20.1 Å². The van der Waals surface area contributed by atoms with Gasteiger partial charge in [-0.2, -0.15) is 0 Å². The van der Waals surface area contributed by atoms with Gasteiger partial charge in [-0.3, -0.25) is 13.9 Å². The van der Waals surface area contributed by atoms with Crippen LogP contribution in [0.15, 0.2) is 33.9 Å². The smallest absolute Gasteiger partial charge is 0.329 e. The summed E-state index contributed by atoms with van der Waals surface area (Å²) in [6.45, 7) is 0.518. The van der Waals surface area contributed by atoms with Crippen molar-refractivity contribution in [1.29, 1.82) is 0 Å². The monoisotopic (exact) mass is 219 g/mol. The standard InChI is InChI=1S/C11H13N3O2/c1-13-9-5-3-2-4-8(9)10(15)14(7-6-12)11(13)16/h2-5H,6-7,12H2,1H3. The molecule has 84 valence electrons. The number of benzene rings is 1. The van der Waals surface area contributed by atoms with Gasteiger partial charge in [-0.25, -0.2) is 4.79 Å². The van der Waals surface area contributed by atoms with Gasteiger partial charge in [0.15, 0.2) is 0 Å². The highest BCUT2D eigenvalue weighted by Gasteiger charge is 2.08. The van der Waals surface area contributed by atoms with Crippen LogP contribution in [0.2, 0.25) is 0 Å². The molecule has 0 atom stereocenters. The van der Waals surface area contributed by atoms with Crippen molar-refractivity contribution in [2.45, 2.75) is 6.54 Å². The molecule has 2 rings (SSSR count). The molecule has 16 heavy (non-hydrogen) atoms. The molecule has 0 bridgehead atoms. The first-order chi connectivity index (χ1) is 7.66. The molecule has 5 nitrogen and oxygen atoms in total. The maximum absolute atomic E-state index is 12.0. The number of aromatic nitrogens is 2. The molecule has 0 saturated carbocycles. The summed E-state index contributed by atoms with van der Waals surface area (Å²) < 4.78 is 2.63. The predicted octanol–water partition coefficient (Wildman–Crippen LogP) is -0.341. The van der Waals surface area contributed by atoms with E-state index in [1.54, 1.807) is 31.3 Å². The van der Waals surface area contributed by atoms with E-state index >= 15 is 0 Å². The highest BCUT2D eigenvalue weighted by Crippen LogP contribution is 2.05. The molecule has 0 amide bonds. The Hall–Kier alpha value is -1.88. The lowest BCUT2D eigenvalue weighted by Gasteiger charge is -2.09. The summed E-state index contributed by atoms with van der Waals surface area (Å²) in [5, 5.41) is 0.540. The molecule has 0 unspecified atom stereocenters. The van der Waals surface area contributed by atoms with Gasteiger partial charge in [-0.15, -0.1) is 0 Å². The summed E-state index contributed by atoms with van der Waals surface area (Å²) in [5.41, 5.74) is 5.43. The lowest BCUT2D eigenvalue weighted by molar-refractivity contribution is 0.613. The third-order valence-corrected chi connectivity index (χ3v) is 2.61. The predicted molar refractivity (Wildman–Crippen MR) is 62.5 cm³/mol. The maximum Gasteiger partial charge on any atom is 0.331 e. The molecular formula is C11H13N3O2. The maximum atomic E-state index is 12.0. The SMILES string of the molecule is Cn1c(=O)n(CCN)c(=O)c2ccccc21. The summed E-state index contributed by atoms with van der Waals surface area (Å²) in [6, 6.07) is 7.05. The lowest BCUT2D eigenvalue weighted by atomic mass is 10.2. The van der Waals surface area contributed by atoms with Gasteiger partial charge in [-0.1, -0.05) is 12.1 Å². The molecule has 0 aliphatic carbocycles. The molecule has 0 radical (unpaired) electrons. The zero-order valence-corrected chi connectivity index (χ0v) is 9.01. The summed E-state index contributed by atoms with van der Waals surface area (Å²) in [7, 11) is 1.65. The average molecular weight is 219 g/mol. The summed E-state index contributed by atoms with van der Waals surface area (Å²) in [5.74, 6) is 0. The number of rotatable bonds is 2. The minimum absolute atomic E-state index is 0.246. The van der Waals surface area contributed by atoms with Crippen molar-refractivity contribution in [2.24, 2.45) is 12.8 Å². The minimum Gasteiger partial charge on any atom is -0.329 e. The number of nitrogens with zero attached hydrogens (tertiary/aromatic N) is 2. The molecule has 1 aromatic carbocycles. The fourth-order valence-electron chi connectivity index (χ4n) is 1.79. The quantitative estimate of drug-likeness (QED) is 0.751. The molecule has 0 spiro atoms. The number of hydrogen-bond acceptors (Lipinski definition) is 3. The van der Waals surface area contributed by atoms with Crippen LogP contribution in [0, 0.1) is 0 Å². The fourth-order valence-corrected chi connectivity index (χ4v) is 1.79. The van der Waals surface area contributed by atoms with Gasteiger partial charge in [0.1, 0.15) is 0 Å². The molecule has 0 aliphatic heterocycles. The van der Waals surface area contributed by atoms with E-state index in [0.29, 0.717) is 10.9 Å². The average Bonchev–Trinajstić information content (AvgIpc) is 2.32. The van der Waals surface area contributed by atoms with Crippen LogP contribution in [-0.2, 0) is 13.6 Å². The van der Waals surface area contributed by atoms with Crippen LogP contribution in [0.3, 0.4) is 0 Å². The van der Waals surface area contributed by atoms with Gasteiger partial charge in [0.05, 0.1) is 10.9 Å². The topological polar surface area (TPSA) is 70.0 Å². The van der Waals surface area contributed by atoms with Crippen LogP contribution in [-0.4, -0.2) is 15.7 Å².